The fraction of sp³-hybridized carbons (Fsp3) is 0.261. The van der Waals surface area contributed by atoms with Crippen molar-refractivity contribution in [3.05, 3.63) is 70.5 Å². The molecule has 0 saturated carbocycles. The van der Waals surface area contributed by atoms with Crippen LogP contribution in [0.15, 0.2) is 48.7 Å². The molecule has 1 aliphatic carbocycles. The lowest BCUT2D eigenvalue weighted by atomic mass is 9.91. The maximum absolute atomic E-state index is 12.7. The molecule has 0 saturated heterocycles. The topological polar surface area (TPSA) is 60.7 Å². The lowest BCUT2D eigenvalue weighted by Crippen LogP contribution is -2.31. The van der Waals surface area contributed by atoms with Crippen molar-refractivity contribution in [2.75, 3.05) is 0 Å². The number of H-pyrrole nitrogens is 2. The summed E-state index contributed by atoms with van der Waals surface area (Å²) < 4.78 is 0. The van der Waals surface area contributed by atoms with Crippen LogP contribution in [0.5, 0.6) is 0 Å². The molecular formula is C23H22ClN3O. The number of rotatable bonds is 4. The SMILES string of the molecule is O=C(CCc1c[nH]c2ccccc12)N[C@H]1CCCc2c1[nH]c1ccc(Cl)cc21. The molecule has 2 heterocycles. The highest BCUT2D eigenvalue weighted by atomic mass is 35.5. The molecule has 3 N–H and O–H groups in total. The van der Waals surface area contributed by atoms with Crippen LogP contribution >= 0.6 is 11.6 Å². The molecule has 1 atom stereocenters. The Labute approximate surface area is 168 Å². The van der Waals surface area contributed by atoms with Gasteiger partial charge in [-0.1, -0.05) is 29.8 Å². The van der Waals surface area contributed by atoms with Gasteiger partial charge in [-0.15, -0.1) is 0 Å². The van der Waals surface area contributed by atoms with Crippen LogP contribution in [0.2, 0.25) is 5.02 Å². The number of hydrogen-bond acceptors (Lipinski definition) is 1. The van der Waals surface area contributed by atoms with Crippen molar-refractivity contribution >= 4 is 39.3 Å². The molecule has 0 spiro atoms. The Morgan fingerprint density at radius 2 is 2.04 bits per heavy atom. The van der Waals surface area contributed by atoms with Crippen LogP contribution in [-0.2, 0) is 17.6 Å². The van der Waals surface area contributed by atoms with Gasteiger partial charge in [-0.05, 0) is 61.1 Å². The zero-order valence-corrected chi connectivity index (χ0v) is 16.3. The summed E-state index contributed by atoms with van der Waals surface area (Å²) in [5.41, 5.74) is 5.84. The Hall–Kier alpha value is -2.72. The quantitative estimate of drug-likeness (QED) is 0.427. The zero-order valence-electron chi connectivity index (χ0n) is 15.5. The average molecular weight is 392 g/mol. The number of hydrogen-bond donors (Lipinski definition) is 3. The number of aromatic nitrogens is 2. The summed E-state index contributed by atoms with van der Waals surface area (Å²) in [7, 11) is 0. The first-order valence-electron chi connectivity index (χ1n) is 9.83. The van der Waals surface area contributed by atoms with Crippen molar-refractivity contribution in [3.63, 3.8) is 0 Å². The number of fused-ring (bicyclic) bond motifs is 4. The smallest absolute Gasteiger partial charge is 0.220 e. The summed E-state index contributed by atoms with van der Waals surface area (Å²) in [5, 5.41) is 6.37. The predicted molar refractivity (Wildman–Crippen MR) is 114 cm³/mol. The van der Waals surface area contributed by atoms with E-state index in [1.54, 1.807) is 0 Å². The predicted octanol–water partition coefficient (Wildman–Crippen LogP) is 5.43. The van der Waals surface area contributed by atoms with E-state index in [0.717, 1.165) is 47.4 Å². The van der Waals surface area contributed by atoms with E-state index in [-0.39, 0.29) is 11.9 Å². The molecule has 142 valence electrons. The maximum atomic E-state index is 12.7. The third-order valence-electron chi connectivity index (χ3n) is 5.80. The number of para-hydroxylation sites is 1. The van der Waals surface area contributed by atoms with Gasteiger partial charge < -0.3 is 15.3 Å². The molecule has 4 nitrogen and oxygen atoms in total. The Balaban J connectivity index is 1.31. The Morgan fingerprint density at radius 1 is 1.14 bits per heavy atom. The minimum absolute atomic E-state index is 0.0467. The van der Waals surface area contributed by atoms with Gasteiger partial charge in [-0.2, -0.15) is 0 Å². The number of halogens is 1. The van der Waals surface area contributed by atoms with Gasteiger partial charge in [0.1, 0.15) is 0 Å². The van der Waals surface area contributed by atoms with E-state index >= 15 is 0 Å². The van der Waals surface area contributed by atoms with Crippen LogP contribution in [0, 0.1) is 0 Å². The van der Waals surface area contributed by atoms with E-state index in [0.29, 0.717) is 6.42 Å². The fourth-order valence-corrected chi connectivity index (χ4v) is 4.60. The van der Waals surface area contributed by atoms with E-state index in [1.165, 1.54) is 21.9 Å². The molecule has 1 aliphatic rings. The van der Waals surface area contributed by atoms with Gasteiger partial charge in [0.05, 0.1) is 6.04 Å². The van der Waals surface area contributed by atoms with Crippen LogP contribution in [-0.4, -0.2) is 15.9 Å². The van der Waals surface area contributed by atoms with Crippen LogP contribution in [0.1, 0.15) is 42.1 Å². The molecular weight excluding hydrogens is 370 g/mol. The number of carbonyl (C=O) groups is 1. The van der Waals surface area contributed by atoms with Crippen molar-refractivity contribution in [3.8, 4) is 0 Å². The molecule has 5 heteroatoms. The second kappa shape index (κ2) is 7.02. The fourth-order valence-electron chi connectivity index (χ4n) is 4.43. The van der Waals surface area contributed by atoms with Crippen LogP contribution in [0.25, 0.3) is 21.8 Å². The highest BCUT2D eigenvalue weighted by Crippen LogP contribution is 2.35. The normalized spacial score (nSPS) is 16.4. The first-order valence-corrected chi connectivity index (χ1v) is 10.2. The van der Waals surface area contributed by atoms with Gasteiger partial charge in [0, 0.05) is 45.1 Å². The summed E-state index contributed by atoms with van der Waals surface area (Å²) >= 11 is 6.18. The monoisotopic (exact) mass is 391 g/mol. The second-order valence-electron chi connectivity index (χ2n) is 7.58. The number of benzene rings is 2. The summed E-state index contributed by atoms with van der Waals surface area (Å²) in [5.74, 6) is 0.0971. The van der Waals surface area contributed by atoms with Crippen LogP contribution in [0.4, 0.5) is 0 Å². The van der Waals surface area contributed by atoms with Gasteiger partial charge in [0.15, 0.2) is 0 Å². The standard InChI is InChI=1S/C23H22ClN3O/c24-15-9-10-20-18(12-15)17-5-3-7-21(23(17)27-20)26-22(28)11-8-14-13-25-19-6-2-1-4-16(14)19/h1-2,4,6,9-10,12-13,21,25,27H,3,5,7-8,11H2,(H,26,28)/t21-/m0/s1. The van der Waals surface area contributed by atoms with Crippen molar-refractivity contribution in [1.29, 1.82) is 0 Å². The summed E-state index contributed by atoms with van der Waals surface area (Å²) in [6.07, 6.45) is 6.29. The maximum Gasteiger partial charge on any atom is 0.220 e. The third kappa shape index (κ3) is 3.08. The Kier molecular flexibility index (Phi) is 4.36. The molecule has 0 fully saturated rings. The minimum Gasteiger partial charge on any atom is -0.361 e. The molecule has 0 radical (unpaired) electrons. The van der Waals surface area contributed by atoms with E-state index in [1.807, 2.05) is 36.5 Å². The van der Waals surface area contributed by atoms with E-state index in [2.05, 4.69) is 27.4 Å². The molecule has 2 aromatic carbocycles. The Morgan fingerprint density at radius 3 is 2.96 bits per heavy atom. The largest absolute Gasteiger partial charge is 0.361 e. The molecule has 4 aromatic rings. The lowest BCUT2D eigenvalue weighted by molar-refractivity contribution is -0.121. The van der Waals surface area contributed by atoms with Crippen molar-refractivity contribution in [1.82, 2.24) is 15.3 Å². The second-order valence-corrected chi connectivity index (χ2v) is 8.02. The van der Waals surface area contributed by atoms with E-state index in [4.69, 9.17) is 11.6 Å². The first-order chi connectivity index (χ1) is 13.7. The number of amides is 1. The summed E-state index contributed by atoms with van der Waals surface area (Å²) in [6.45, 7) is 0. The van der Waals surface area contributed by atoms with Gasteiger partial charge in [0.2, 0.25) is 5.91 Å². The van der Waals surface area contributed by atoms with Crippen molar-refractivity contribution in [2.45, 2.75) is 38.1 Å². The number of aryl methyl sites for hydroxylation is 2. The van der Waals surface area contributed by atoms with Crippen molar-refractivity contribution in [2.24, 2.45) is 0 Å². The van der Waals surface area contributed by atoms with Gasteiger partial charge in [0.25, 0.3) is 0 Å². The summed E-state index contributed by atoms with van der Waals surface area (Å²) in [6, 6.07) is 14.2. The van der Waals surface area contributed by atoms with Gasteiger partial charge >= 0.3 is 0 Å². The van der Waals surface area contributed by atoms with E-state index in [9.17, 15) is 4.79 Å². The van der Waals surface area contributed by atoms with Gasteiger partial charge in [-0.3, -0.25) is 4.79 Å². The van der Waals surface area contributed by atoms with Crippen LogP contribution in [0.3, 0.4) is 0 Å². The molecule has 0 unspecified atom stereocenters. The number of aromatic amines is 2. The number of nitrogens with one attached hydrogen (secondary N) is 3. The summed E-state index contributed by atoms with van der Waals surface area (Å²) in [4.78, 5) is 19.5. The van der Waals surface area contributed by atoms with E-state index < -0.39 is 0 Å². The molecule has 5 rings (SSSR count). The number of carbonyl (C=O) groups excluding carboxylic acids is 1. The average Bonchev–Trinajstić information content (AvgIpc) is 3.28. The highest BCUT2D eigenvalue weighted by molar-refractivity contribution is 6.31. The molecule has 2 aromatic heterocycles. The van der Waals surface area contributed by atoms with Crippen molar-refractivity contribution < 1.29 is 4.79 Å². The lowest BCUT2D eigenvalue weighted by Gasteiger charge is -2.24. The van der Waals surface area contributed by atoms with Crippen LogP contribution < -0.4 is 5.32 Å². The Bertz CT molecular complexity index is 1170. The molecule has 0 bridgehead atoms. The zero-order chi connectivity index (χ0) is 19.1. The minimum atomic E-state index is 0.0467. The molecule has 1 amide bonds. The first kappa shape index (κ1) is 17.4. The highest BCUT2D eigenvalue weighted by Gasteiger charge is 2.25. The third-order valence-corrected chi connectivity index (χ3v) is 6.04. The molecule has 0 aliphatic heterocycles. The molecule has 28 heavy (non-hydrogen) atoms. The van der Waals surface area contributed by atoms with Gasteiger partial charge in [-0.25, -0.2) is 0 Å².